The van der Waals surface area contributed by atoms with E-state index >= 15 is 0 Å². The van der Waals surface area contributed by atoms with E-state index < -0.39 is 12.0 Å². The number of hydrogen-bond acceptors (Lipinski definition) is 6. The average Bonchev–Trinajstić information content (AvgIpc) is 3.34. The quantitative estimate of drug-likeness (QED) is 0.557. The summed E-state index contributed by atoms with van der Waals surface area (Å²) in [5.74, 6) is 0.147. The number of para-hydroxylation sites is 1. The van der Waals surface area contributed by atoms with Crippen molar-refractivity contribution in [3.63, 3.8) is 0 Å². The fourth-order valence-electron chi connectivity index (χ4n) is 2.59. The number of carbonyl (C=O) groups excluding carboxylic acids is 1. The molecule has 0 spiro atoms. The molecule has 0 bridgehead atoms. The molecule has 0 radical (unpaired) electrons. The van der Waals surface area contributed by atoms with E-state index in [1.165, 1.54) is 17.7 Å². The van der Waals surface area contributed by atoms with Gasteiger partial charge in [-0.2, -0.15) is 0 Å². The van der Waals surface area contributed by atoms with Crippen LogP contribution < -0.4 is 15.7 Å². The lowest BCUT2D eigenvalue weighted by atomic mass is 10.2. The van der Waals surface area contributed by atoms with Crippen LogP contribution in [0.2, 0.25) is 0 Å². The molecule has 0 unspecified atom stereocenters. The Morgan fingerprint density at radius 1 is 1.19 bits per heavy atom. The van der Waals surface area contributed by atoms with Crippen molar-refractivity contribution in [3.8, 4) is 16.2 Å². The summed E-state index contributed by atoms with van der Waals surface area (Å²) >= 11 is 2.96. The van der Waals surface area contributed by atoms with Crippen molar-refractivity contribution in [1.82, 2.24) is 9.66 Å². The topological polar surface area (TPSA) is 73.2 Å². The number of aromatic nitrogens is 2. The SMILES string of the molecule is C[C@@H](Oc1ccccc1)C(=O)Nn1cnc2scc(-c3cccs3)c2c1=O. The van der Waals surface area contributed by atoms with Gasteiger partial charge < -0.3 is 4.74 Å². The van der Waals surface area contributed by atoms with Crippen LogP contribution in [0.15, 0.2) is 64.3 Å². The maximum atomic E-state index is 12.9. The molecule has 0 aliphatic carbocycles. The highest BCUT2D eigenvalue weighted by atomic mass is 32.1. The van der Waals surface area contributed by atoms with Crippen LogP contribution >= 0.6 is 22.7 Å². The van der Waals surface area contributed by atoms with Crippen LogP contribution in [0.1, 0.15) is 6.92 Å². The van der Waals surface area contributed by atoms with Gasteiger partial charge in [0.05, 0.1) is 5.39 Å². The van der Waals surface area contributed by atoms with Crippen LogP contribution in [0.25, 0.3) is 20.7 Å². The number of ether oxygens (including phenoxy) is 1. The van der Waals surface area contributed by atoms with E-state index in [4.69, 9.17) is 4.74 Å². The minimum absolute atomic E-state index is 0.315. The lowest BCUT2D eigenvalue weighted by Gasteiger charge is -2.15. The lowest BCUT2D eigenvalue weighted by Crippen LogP contribution is -2.39. The molecule has 4 aromatic rings. The molecule has 0 saturated heterocycles. The van der Waals surface area contributed by atoms with Gasteiger partial charge in [0.25, 0.3) is 11.5 Å². The summed E-state index contributed by atoms with van der Waals surface area (Å²) in [6.45, 7) is 1.63. The molecule has 4 rings (SSSR count). The van der Waals surface area contributed by atoms with Gasteiger partial charge in [-0.1, -0.05) is 24.3 Å². The first kappa shape index (κ1) is 17.4. The highest BCUT2D eigenvalue weighted by Gasteiger charge is 2.18. The third kappa shape index (κ3) is 3.49. The smallest absolute Gasteiger partial charge is 0.281 e. The van der Waals surface area contributed by atoms with Crippen molar-refractivity contribution < 1.29 is 9.53 Å². The lowest BCUT2D eigenvalue weighted by molar-refractivity contribution is -0.123. The van der Waals surface area contributed by atoms with E-state index in [2.05, 4.69) is 10.4 Å². The normalized spacial score (nSPS) is 12.0. The largest absolute Gasteiger partial charge is 0.481 e. The number of benzene rings is 1. The van der Waals surface area contributed by atoms with Gasteiger partial charge >= 0.3 is 0 Å². The van der Waals surface area contributed by atoms with Crippen LogP contribution in [-0.4, -0.2) is 21.7 Å². The zero-order valence-corrected chi connectivity index (χ0v) is 15.9. The molecule has 3 aromatic heterocycles. The molecule has 0 saturated carbocycles. The second kappa shape index (κ2) is 7.34. The Balaban J connectivity index is 1.60. The molecule has 8 heteroatoms. The van der Waals surface area contributed by atoms with E-state index in [0.29, 0.717) is 16.0 Å². The predicted octanol–water partition coefficient (Wildman–Crippen LogP) is 3.72. The van der Waals surface area contributed by atoms with Gasteiger partial charge in [0.1, 0.15) is 16.9 Å². The number of amides is 1. The van der Waals surface area contributed by atoms with Crippen molar-refractivity contribution in [2.75, 3.05) is 5.43 Å². The van der Waals surface area contributed by atoms with Crippen LogP contribution in [0, 0.1) is 0 Å². The zero-order chi connectivity index (χ0) is 18.8. The number of carbonyl (C=O) groups is 1. The van der Waals surface area contributed by atoms with Crippen molar-refractivity contribution in [2.45, 2.75) is 13.0 Å². The Morgan fingerprint density at radius 2 is 2.00 bits per heavy atom. The van der Waals surface area contributed by atoms with Gasteiger partial charge in [-0.25, -0.2) is 9.66 Å². The molecule has 136 valence electrons. The van der Waals surface area contributed by atoms with Crippen molar-refractivity contribution >= 4 is 38.8 Å². The molecule has 1 atom stereocenters. The van der Waals surface area contributed by atoms with E-state index in [-0.39, 0.29) is 5.56 Å². The molecule has 1 amide bonds. The Hall–Kier alpha value is -2.97. The summed E-state index contributed by atoms with van der Waals surface area (Å²) in [4.78, 5) is 31.3. The summed E-state index contributed by atoms with van der Waals surface area (Å²) in [7, 11) is 0. The van der Waals surface area contributed by atoms with E-state index in [1.54, 1.807) is 30.4 Å². The standard InChI is InChI=1S/C19H15N3O3S2/c1-12(25-13-6-3-2-4-7-13)17(23)21-22-11-20-18-16(19(22)24)14(10-27-18)15-8-5-9-26-15/h2-12H,1H3,(H,21,23)/t12-/m1/s1. The van der Waals surface area contributed by atoms with E-state index in [9.17, 15) is 9.59 Å². The minimum atomic E-state index is -0.769. The van der Waals surface area contributed by atoms with Gasteiger partial charge in [-0.3, -0.25) is 15.0 Å². The van der Waals surface area contributed by atoms with Crippen LogP contribution in [0.4, 0.5) is 0 Å². The molecular weight excluding hydrogens is 382 g/mol. The maximum Gasteiger partial charge on any atom is 0.281 e. The fourth-order valence-corrected chi connectivity index (χ4v) is 4.31. The van der Waals surface area contributed by atoms with Gasteiger partial charge in [-0.05, 0) is 30.5 Å². The Labute approximate surface area is 162 Å². The zero-order valence-electron chi connectivity index (χ0n) is 14.3. The monoisotopic (exact) mass is 397 g/mol. The van der Waals surface area contributed by atoms with Crippen LogP contribution in [-0.2, 0) is 4.79 Å². The molecule has 3 heterocycles. The van der Waals surface area contributed by atoms with Crippen LogP contribution in [0.5, 0.6) is 5.75 Å². The Morgan fingerprint density at radius 3 is 2.74 bits per heavy atom. The van der Waals surface area contributed by atoms with Gasteiger partial charge in [-0.15, -0.1) is 22.7 Å². The number of rotatable bonds is 5. The number of hydrogen-bond donors (Lipinski definition) is 1. The van der Waals surface area contributed by atoms with Gasteiger partial charge in [0, 0.05) is 15.8 Å². The summed E-state index contributed by atoms with van der Waals surface area (Å²) in [6, 6.07) is 12.9. The van der Waals surface area contributed by atoms with E-state index in [0.717, 1.165) is 15.1 Å². The number of nitrogens with one attached hydrogen (secondary N) is 1. The third-order valence-electron chi connectivity index (χ3n) is 3.94. The molecule has 6 nitrogen and oxygen atoms in total. The molecule has 0 aliphatic rings. The molecular formula is C19H15N3O3S2. The highest BCUT2D eigenvalue weighted by molar-refractivity contribution is 7.18. The van der Waals surface area contributed by atoms with Crippen molar-refractivity contribution in [3.05, 3.63) is 69.9 Å². The number of nitrogens with zero attached hydrogens (tertiary/aromatic N) is 2. The second-order valence-corrected chi connectivity index (χ2v) is 7.58. The average molecular weight is 397 g/mol. The summed E-state index contributed by atoms with van der Waals surface area (Å²) in [6.07, 6.45) is 0.557. The molecule has 1 N–H and O–H groups in total. The molecule has 27 heavy (non-hydrogen) atoms. The summed E-state index contributed by atoms with van der Waals surface area (Å²) in [5, 5.41) is 4.37. The first-order valence-corrected chi connectivity index (χ1v) is 9.94. The minimum Gasteiger partial charge on any atom is -0.481 e. The predicted molar refractivity (Wildman–Crippen MR) is 108 cm³/mol. The summed E-state index contributed by atoms with van der Waals surface area (Å²) < 4.78 is 6.71. The Bertz CT molecular complexity index is 1130. The first-order chi connectivity index (χ1) is 13.1. The second-order valence-electron chi connectivity index (χ2n) is 5.78. The maximum absolute atomic E-state index is 12.9. The third-order valence-corrected chi connectivity index (χ3v) is 5.73. The van der Waals surface area contributed by atoms with E-state index in [1.807, 2.05) is 41.1 Å². The molecule has 0 fully saturated rings. The number of fused-ring (bicyclic) bond motifs is 1. The van der Waals surface area contributed by atoms with Gasteiger partial charge in [0.15, 0.2) is 6.10 Å². The molecule has 0 aliphatic heterocycles. The fraction of sp³-hybridized carbons (Fsp3) is 0.105. The van der Waals surface area contributed by atoms with Gasteiger partial charge in [0.2, 0.25) is 0 Å². The number of thiophene rings is 2. The summed E-state index contributed by atoms with van der Waals surface area (Å²) in [5.41, 5.74) is 3.09. The molecule has 1 aromatic carbocycles. The van der Waals surface area contributed by atoms with Crippen LogP contribution in [0.3, 0.4) is 0 Å². The Kier molecular flexibility index (Phi) is 4.74. The highest BCUT2D eigenvalue weighted by Crippen LogP contribution is 2.33. The van der Waals surface area contributed by atoms with Crippen molar-refractivity contribution in [2.24, 2.45) is 0 Å². The van der Waals surface area contributed by atoms with Crippen molar-refractivity contribution in [1.29, 1.82) is 0 Å². The first-order valence-electron chi connectivity index (χ1n) is 8.19.